The SMILES string of the molecule is CCNC(CCOc1ccccc1)C1CCOCC1. The summed E-state index contributed by atoms with van der Waals surface area (Å²) in [4.78, 5) is 0. The number of ether oxygens (including phenoxy) is 2. The van der Waals surface area contributed by atoms with Crippen LogP contribution in [0.4, 0.5) is 0 Å². The van der Waals surface area contributed by atoms with Gasteiger partial charge in [0.15, 0.2) is 0 Å². The molecule has 1 atom stereocenters. The Balaban J connectivity index is 1.76. The van der Waals surface area contributed by atoms with Gasteiger partial charge in [0.25, 0.3) is 0 Å². The van der Waals surface area contributed by atoms with Gasteiger partial charge in [-0.3, -0.25) is 0 Å². The molecule has 0 bridgehead atoms. The summed E-state index contributed by atoms with van der Waals surface area (Å²) in [6.07, 6.45) is 3.40. The molecule has 2 rings (SSSR count). The van der Waals surface area contributed by atoms with Gasteiger partial charge in [-0.2, -0.15) is 0 Å². The first-order valence-electron chi connectivity index (χ1n) is 7.39. The predicted molar refractivity (Wildman–Crippen MR) is 77.6 cm³/mol. The molecule has 1 aromatic carbocycles. The van der Waals surface area contributed by atoms with Crippen LogP contribution in [-0.2, 0) is 4.74 Å². The lowest BCUT2D eigenvalue weighted by atomic mass is 9.90. The average molecular weight is 263 g/mol. The molecular formula is C16H25NO2. The van der Waals surface area contributed by atoms with Crippen LogP contribution in [0, 0.1) is 5.92 Å². The van der Waals surface area contributed by atoms with E-state index in [1.807, 2.05) is 30.3 Å². The summed E-state index contributed by atoms with van der Waals surface area (Å²) in [6.45, 7) is 5.79. The number of benzene rings is 1. The molecule has 0 amide bonds. The largest absolute Gasteiger partial charge is 0.494 e. The van der Waals surface area contributed by atoms with Gasteiger partial charge in [0.05, 0.1) is 6.61 Å². The molecule has 1 fully saturated rings. The van der Waals surface area contributed by atoms with Crippen LogP contribution in [-0.4, -0.2) is 32.4 Å². The van der Waals surface area contributed by atoms with Crippen LogP contribution >= 0.6 is 0 Å². The monoisotopic (exact) mass is 263 g/mol. The maximum atomic E-state index is 5.80. The summed E-state index contributed by atoms with van der Waals surface area (Å²) >= 11 is 0. The van der Waals surface area contributed by atoms with Gasteiger partial charge in [-0.15, -0.1) is 0 Å². The van der Waals surface area contributed by atoms with E-state index >= 15 is 0 Å². The minimum absolute atomic E-state index is 0.553. The van der Waals surface area contributed by atoms with Crippen LogP contribution in [0.5, 0.6) is 5.75 Å². The molecule has 0 aromatic heterocycles. The van der Waals surface area contributed by atoms with E-state index in [4.69, 9.17) is 9.47 Å². The highest BCUT2D eigenvalue weighted by molar-refractivity contribution is 5.20. The molecule has 0 saturated carbocycles. The Hall–Kier alpha value is -1.06. The Bertz CT molecular complexity index is 336. The van der Waals surface area contributed by atoms with E-state index in [0.717, 1.165) is 44.5 Å². The second kappa shape index (κ2) is 8.18. The van der Waals surface area contributed by atoms with Crippen molar-refractivity contribution in [2.75, 3.05) is 26.4 Å². The normalized spacial score (nSPS) is 18.2. The maximum Gasteiger partial charge on any atom is 0.119 e. The summed E-state index contributed by atoms with van der Waals surface area (Å²) < 4.78 is 11.2. The van der Waals surface area contributed by atoms with Crippen LogP contribution in [0.25, 0.3) is 0 Å². The zero-order valence-corrected chi connectivity index (χ0v) is 11.8. The van der Waals surface area contributed by atoms with Gasteiger partial charge in [0.1, 0.15) is 5.75 Å². The number of para-hydroxylation sites is 1. The minimum Gasteiger partial charge on any atom is -0.494 e. The molecular weight excluding hydrogens is 238 g/mol. The molecule has 0 aliphatic carbocycles. The summed E-state index contributed by atoms with van der Waals surface area (Å²) in [5, 5.41) is 3.60. The second-order valence-electron chi connectivity index (χ2n) is 5.06. The van der Waals surface area contributed by atoms with E-state index in [2.05, 4.69) is 12.2 Å². The predicted octanol–water partition coefficient (Wildman–Crippen LogP) is 2.86. The Labute approximate surface area is 116 Å². The molecule has 1 N–H and O–H groups in total. The fraction of sp³-hybridized carbons (Fsp3) is 0.625. The van der Waals surface area contributed by atoms with Crippen molar-refractivity contribution in [1.29, 1.82) is 0 Å². The molecule has 3 heteroatoms. The van der Waals surface area contributed by atoms with Crippen molar-refractivity contribution < 1.29 is 9.47 Å². The van der Waals surface area contributed by atoms with E-state index in [9.17, 15) is 0 Å². The molecule has 0 spiro atoms. The van der Waals surface area contributed by atoms with Gasteiger partial charge in [0.2, 0.25) is 0 Å². The van der Waals surface area contributed by atoms with Crippen molar-refractivity contribution in [3.8, 4) is 5.75 Å². The van der Waals surface area contributed by atoms with Crippen LogP contribution in [0.1, 0.15) is 26.2 Å². The summed E-state index contributed by atoms with van der Waals surface area (Å²) in [7, 11) is 0. The Morgan fingerprint density at radius 1 is 1.26 bits per heavy atom. The van der Waals surface area contributed by atoms with Crippen LogP contribution < -0.4 is 10.1 Å². The topological polar surface area (TPSA) is 30.5 Å². The highest BCUT2D eigenvalue weighted by Crippen LogP contribution is 2.21. The van der Waals surface area contributed by atoms with E-state index in [1.165, 1.54) is 12.8 Å². The van der Waals surface area contributed by atoms with Crippen LogP contribution in [0.15, 0.2) is 30.3 Å². The number of hydrogen-bond acceptors (Lipinski definition) is 3. The lowest BCUT2D eigenvalue weighted by molar-refractivity contribution is 0.0507. The molecule has 1 heterocycles. The Morgan fingerprint density at radius 2 is 2.00 bits per heavy atom. The van der Waals surface area contributed by atoms with Crippen molar-refractivity contribution in [2.45, 2.75) is 32.2 Å². The van der Waals surface area contributed by atoms with Gasteiger partial charge in [-0.05, 0) is 43.9 Å². The van der Waals surface area contributed by atoms with E-state index < -0.39 is 0 Å². The molecule has 19 heavy (non-hydrogen) atoms. The Kier molecular flexibility index (Phi) is 6.18. The highest BCUT2D eigenvalue weighted by Gasteiger charge is 2.23. The summed E-state index contributed by atoms with van der Waals surface area (Å²) in [5.74, 6) is 1.69. The second-order valence-corrected chi connectivity index (χ2v) is 5.06. The van der Waals surface area contributed by atoms with Crippen molar-refractivity contribution in [1.82, 2.24) is 5.32 Å². The average Bonchev–Trinajstić information content (AvgIpc) is 2.48. The number of hydrogen-bond donors (Lipinski definition) is 1. The fourth-order valence-corrected chi connectivity index (χ4v) is 2.71. The van der Waals surface area contributed by atoms with E-state index in [-0.39, 0.29) is 0 Å². The lowest BCUT2D eigenvalue weighted by Gasteiger charge is -2.30. The molecule has 1 aliphatic rings. The molecule has 1 saturated heterocycles. The third-order valence-corrected chi connectivity index (χ3v) is 3.74. The van der Waals surface area contributed by atoms with Crippen molar-refractivity contribution >= 4 is 0 Å². The molecule has 0 radical (unpaired) electrons. The number of nitrogens with one attached hydrogen (secondary N) is 1. The first-order chi connectivity index (χ1) is 9.40. The van der Waals surface area contributed by atoms with Gasteiger partial charge in [-0.1, -0.05) is 25.1 Å². The fourth-order valence-electron chi connectivity index (χ4n) is 2.71. The van der Waals surface area contributed by atoms with Gasteiger partial charge in [-0.25, -0.2) is 0 Å². The van der Waals surface area contributed by atoms with Crippen LogP contribution in [0.2, 0.25) is 0 Å². The van der Waals surface area contributed by atoms with Gasteiger partial charge in [0, 0.05) is 19.3 Å². The van der Waals surface area contributed by atoms with E-state index in [0.29, 0.717) is 6.04 Å². The van der Waals surface area contributed by atoms with Gasteiger partial charge < -0.3 is 14.8 Å². The van der Waals surface area contributed by atoms with Crippen LogP contribution in [0.3, 0.4) is 0 Å². The third-order valence-electron chi connectivity index (χ3n) is 3.74. The molecule has 106 valence electrons. The van der Waals surface area contributed by atoms with E-state index in [1.54, 1.807) is 0 Å². The molecule has 1 aromatic rings. The standard InChI is InChI=1S/C16H25NO2/c1-2-17-16(14-8-11-18-12-9-14)10-13-19-15-6-4-3-5-7-15/h3-7,14,16-17H,2,8-13H2,1H3. The zero-order chi connectivity index (χ0) is 13.3. The minimum atomic E-state index is 0.553. The summed E-state index contributed by atoms with van der Waals surface area (Å²) in [6, 6.07) is 10.6. The maximum absolute atomic E-state index is 5.80. The molecule has 3 nitrogen and oxygen atoms in total. The molecule has 1 unspecified atom stereocenters. The van der Waals surface area contributed by atoms with Gasteiger partial charge >= 0.3 is 0 Å². The van der Waals surface area contributed by atoms with Crippen molar-refractivity contribution in [2.24, 2.45) is 5.92 Å². The van der Waals surface area contributed by atoms with Crippen molar-refractivity contribution in [3.63, 3.8) is 0 Å². The first kappa shape index (κ1) is 14.4. The number of rotatable bonds is 7. The lowest BCUT2D eigenvalue weighted by Crippen LogP contribution is -2.40. The first-order valence-corrected chi connectivity index (χ1v) is 7.39. The van der Waals surface area contributed by atoms with Crippen molar-refractivity contribution in [3.05, 3.63) is 30.3 Å². The zero-order valence-electron chi connectivity index (χ0n) is 11.8. The summed E-state index contributed by atoms with van der Waals surface area (Å²) in [5.41, 5.74) is 0. The Morgan fingerprint density at radius 3 is 2.68 bits per heavy atom. The highest BCUT2D eigenvalue weighted by atomic mass is 16.5. The quantitative estimate of drug-likeness (QED) is 0.820. The third kappa shape index (κ3) is 4.84. The molecule has 1 aliphatic heterocycles. The smallest absolute Gasteiger partial charge is 0.119 e.